The van der Waals surface area contributed by atoms with E-state index in [2.05, 4.69) is 18.0 Å². The van der Waals surface area contributed by atoms with Crippen molar-refractivity contribution in [1.82, 2.24) is 9.97 Å². The molecule has 23 heavy (non-hydrogen) atoms. The van der Waals surface area contributed by atoms with E-state index in [9.17, 15) is 10.1 Å². The Balaban J connectivity index is 2.29. The lowest BCUT2D eigenvalue weighted by Gasteiger charge is -2.45. The summed E-state index contributed by atoms with van der Waals surface area (Å²) in [5.41, 5.74) is 2.02. The van der Waals surface area contributed by atoms with Crippen molar-refractivity contribution in [2.75, 3.05) is 19.0 Å². The monoisotopic (exact) mass is 310 g/mol. The maximum atomic E-state index is 12.4. The molecule has 1 aromatic heterocycles. The quantitative estimate of drug-likeness (QED) is 0.796. The standard InChI is InChI=1S/C18H22N4O/c1-10-14-7-6-13-16(20-11(2)21-17(13)22(4)5)18(14,3)8-12(9-19)15(10)23/h8,10,14H,6-7H2,1-5H3/t10-,14-,18-/m0/s1. The summed E-state index contributed by atoms with van der Waals surface area (Å²) in [5, 5.41) is 9.35. The first-order valence-corrected chi connectivity index (χ1v) is 8.02. The molecule has 2 aliphatic rings. The molecular formula is C18H22N4O. The highest BCUT2D eigenvalue weighted by molar-refractivity contribution is 6.02. The van der Waals surface area contributed by atoms with Crippen molar-refractivity contribution in [3.63, 3.8) is 0 Å². The number of allylic oxidation sites excluding steroid dienone is 2. The number of Topliss-reactive ketones (excluding diaryl/α,β-unsaturated/α-hetero) is 1. The summed E-state index contributed by atoms with van der Waals surface area (Å²) >= 11 is 0. The lowest BCUT2D eigenvalue weighted by Crippen LogP contribution is -2.46. The van der Waals surface area contributed by atoms with Crippen LogP contribution in [0.25, 0.3) is 0 Å². The molecule has 0 N–H and O–H groups in total. The maximum absolute atomic E-state index is 12.4. The van der Waals surface area contributed by atoms with E-state index in [4.69, 9.17) is 4.98 Å². The summed E-state index contributed by atoms with van der Waals surface area (Å²) in [4.78, 5) is 23.7. The van der Waals surface area contributed by atoms with Crippen LogP contribution in [-0.2, 0) is 16.6 Å². The fraction of sp³-hybridized carbons (Fsp3) is 0.556. The third-order valence-corrected chi connectivity index (χ3v) is 5.35. The average Bonchev–Trinajstić information content (AvgIpc) is 2.50. The molecule has 2 aliphatic carbocycles. The van der Waals surface area contributed by atoms with Gasteiger partial charge in [0.25, 0.3) is 0 Å². The smallest absolute Gasteiger partial charge is 0.176 e. The average molecular weight is 310 g/mol. The minimum atomic E-state index is -0.384. The largest absolute Gasteiger partial charge is 0.362 e. The van der Waals surface area contributed by atoms with Crippen LogP contribution in [-0.4, -0.2) is 29.8 Å². The van der Waals surface area contributed by atoms with Crippen molar-refractivity contribution >= 4 is 11.6 Å². The first-order valence-electron chi connectivity index (χ1n) is 8.02. The summed E-state index contributed by atoms with van der Waals surface area (Å²) in [6, 6.07) is 2.08. The second-order valence-electron chi connectivity index (χ2n) is 7.07. The summed E-state index contributed by atoms with van der Waals surface area (Å²) in [5.74, 6) is 1.68. The highest BCUT2D eigenvalue weighted by Crippen LogP contribution is 2.50. The van der Waals surface area contributed by atoms with Gasteiger partial charge in [0.1, 0.15) is 17.7 Å². The van der Waals surface area contributed by atoms with Gasteiger partial charge in [-0.25, -0.2) is 9.97 Å². The van der Waals surface area contributed by atoms with Crippen LogP contribution in [0.1, 0.15) is 37.4 Å². The number of nitriles is 1. The molecule has 3 atom stereocenters. The molecule has 1 aromatic rings. The van der Waals surface area contributed by atoms with Crippen molar-refractivity contribution in [2.45, 2.75) is 39.0 Å². The molecule has 0 aromatic carbocycles. The predicted octanol–water partition coefficient (Wildman–Crippen LogP) is 2.34. The Morgan fingerprint density at radius 2 is 2.09 bits per heavy atom. The van der Waals surface area contributed by atoms with Crippen molar-refractivity contribution in [3.8, 4) is 6.07 Å². The summed E-state index contributed by atoms with van der Waals surface area (Å²) in [6.07, 6.45) is 3.64. The maximum Gasteiger partial charge on any atom is 0.176 e. The van der Waals surface area contributed by atoms with Gasteiger partial charge >= 0.3 is 0 Å². The normalized spacial score (nSPS) is 29.2. The summed E-state index contributed by atoms with van der Waals surface area (Å²) < 4.78 is 0. The van der Waals surface area contributed by atoms with E-state index in [1.807, 2.05) is 38.9 Å². The topological polar surface area (TPSA) is 69.9 Å². The molecule has 0 unspecified atom stereocenters. The molecule has 0 radical (unpaired) electrons. The number of nitrogens with zero attached hydrogens (tertiary/aromatic N) is 4. The van der Waals surface area contributed by atoms with Gasteiger partial charge in [-0.2, -0.15) is 5.26 Å². The van der Waals surface area contributed by atoms with E-state index in [-0.39, 0.29) is 28.6 Å². The van der Waals surface area contributed by atoms with E-state index in [0.717, 1.165) is 35.7 Å². The summed E-state index contributed by atoms with van der Waals surface area (Å²) in [7, 11) is 3.97. The zero-order chi connectivity index (χ0) is 16.9. The Labute approximate surface area is 137 Å². The van der Waals surface area contributed by atoms with Crippen LogP contribution < -0.4 is 4.90 Å². The molecule has 1 heterocycles. The van der Waals surface area contributed by atoms with Crippen LogP contribution in [0.5, 0.6) is 0 Å². The molecule has 0 spiro atoms. The molecular weight excluding hydrogens is 288 g/mol. The van der Waals surface area contributed by atoms with E-state index in [0.29, 0.717) is 0 Å². The number of hydrogen-bond donors (Lipinski definition) is 0. The van der Waals surface area contributed by atoms with E-state index < -0.39 is 0 Å². The first-order chi connectivity index (χ1) is 10.8. The Bertz CT molecular complexity index is 759. The molecule has 0 fully saturated rings. The third kappa shape index (κ3) is 2.16. The lowest BCUT2D eigenvalue weighted by molar-refractivity contribution is -0.121. The first kappa shape index (κ1) is 15.7. The zero-order valence-corrected chi connectivity index (χ0v) is 14.3. The van der Waals surface area contributed by atoms with Crippen LogP contribution >= 0.6 is 0 Å². The fourth-order valence-corrected chi connectivity index (χ4v) is 4.23. The Hall–Kier alpha value is -2.22. The molecule has 120 valence electrons. The molecule has 0 amide bonds. The fourth-order valence-electron chi connectivity index (χ4n) is 4.23. The Morgan fingerprint density at radius 1 is 1.39 bits per heavy atom. The van der Waals surface area contributed by atoms with Crippen molar-refractivity contribution < 1.29 is 4.79 Å². The van der Waals surface area contributed by atoms with Gasteiger partial charge in [-0.1, -0.05) is 19.9 Å². The number of carbonyl (C=O) groups is 1. The minimum Gasteiger partial charge on any atom is -0.362 e. The molecule has 0 saturated heterocycles. The number of fused-ring (bicyclic) bond motifs is 3. The van der Waals surface area contributed by atoms with E-state index in [1.165, 1.54) is 0 Å². The van der Waals surface area contributed by atoms with Crippen LogP contribution in [0.15, 0.2) is 11.6 Å². The number of anilines is 1. The Kier molecular flexibility index (Phi) is 3.51. The van der Waals surface area contributed by atoms with Gasteiger partial charge in [-0.05, 0) is 25.7 Å². The van der Waals surface area contributed by atoms with Gasteiger partial charge in [0.2, 0.25) is 0 Å². The number of carbonyl (C=O) groups excluding carboxylic acids is 1. The molecule has 0 bridgehead atoms. The number of aryl methyl sites for hydroxylation is 1. The summed E-state index contributed by atoms with van der Waals surface area (Å²) in [6.45, 7) is 5.95. The van der Waals surface area contributed by atoms with Crippen molar-refractivity contribution in [1.29, 1.82) is 5.26 Å². The van der Waals surface area contributed by atoms with Crippen LogP contribution in [0.3, 0.4) is 0 Å². The van der Waals surface area contributed by atoms with Crippen LogP contribution in [0, 0.1) is 30.1 Å². The minimum absolute atomic E-state index is 0.0305. The van der Waals surface area contributed by atoms with Gasteiger partial charge in [0.05, 0.1) is 11.3 Å². The highest BCUT2D eigenvalue weighted by Gasteiger charge is 2.49. The van der Waals surface area contributed by atoms with Gasteiger partial charge in [0, 0.05) is 31.0 Å². The lowest BCUT2D eigenvalue weighted by atomic mass is 9.58. The number of rotatable bonds is 1. The van der Waals surface area contributed by atoms with Crippen LogP contribution in [0.4, 0.5) is 5.82 Å². The van der Waals surface area contributed by atoms with Crippen molar-refractivity contribution in [2.24, 2.45) is 11.8 Å². The number of aromatic nitrogens is 2. The van der Waals surface area contributed by atoms with Gasteiger partial charge in [-0.3, -0.25) is 4.79 Å². The third-order valence-electron chi connectivity index (χ3n) is 5.35. The highest BCUT2D eigenvalue weighted by atomic mass is 16.1. The van der Waals surface area contributed by atoms with Gasteiger partial charge < -0.3 is 4.90 Å². The van der Waals surface area contributed by atoms with Crippen LogP contribution in [0.2, 0.25) is 0 Å². The van der Waals surface area contributed by atoms with Gasteiger partial charge in [-0.15, -0.1) is 0 Å². The molecule has 5 nitrogen and oxygen atoms in total. The molecule has 0 saturated carbocycles. The van der Waals surface area contributed by atoms with E-state index in [1.54, 1.807) is 0 Å². The second kappa shape index (κ2) is 5.16. The zero-order valence-electron chi connectivity index (χ0n) is 14.3. The SMILES string of the molecule is Cc1nc(N(C)C)c2c(n1)[C@@]1(C)C=C(C#N)C(=O)[C@@H](C)[C@@H]1CC2. The van der Waals surface area contributed by atoms with E-state index >= 15 is 0 Å². The van der Waals surface area contributed by atoms with Crippen molar-refractivity contribution in [3.05, 3.63) is 28.7 Å². The Morgan fingerprint density at radius 3 is 2.70 bits per heavy atom. The molecule has 0 aliphatic heterocycles. The number of hydrogen-bond acceptors (Lipinski definition) is 5. The molecule has 3 rings (SSSR count). The second-order valence-corrected chi connectivity index (χ2v) is 7.07. The van der Waals surface area contributed by atoms with Gasteiger partial charge in [0.15, 0.2) is 5.78 Å². The number of ketones is 1. The molecule has 5 heteroatoms. The predicted molar refractivity (Wildman–Crippen MR) is 88.1 cm³/mol.